The van der Waals surface area contributed by atoms with E-state index in [0.717, 1.165) is 19.4 Å². The van der Waals surface area contributed by atoms with Crippen LogP contribution in [0.25, 0.3) is 10.9 Å². The Hall–Kier alpha value is -1.72. The quantitative estimate of drug-likeness (QED) is 0.888. The number of benzene rings is 1. The van der Waals surface area contributed by atoms with Gasteiger partial charge in [0.1, 0.15) is 6.61 Å². The number of amides is 1. The number of hydrogen-bond donors (Lipinski definition) is 2. The van der Waals surface area contributed by atoms with Crippen molar-refractivity contribution in [3.05, 3.63) is 35.5 Å². The molecule has 3 rings (SSSR count). The summed E-state index contributed by atoms with van der Waals surface area (Å²) in [5.74, 6) is 0. The first-order valence-electron chi connectivity index (χ1n) is 7.29. The molecule has 0 unspecified atom stereocenters. The molecule has 1 aliphatic rings. The first-order valence-corrected chi connectivity index (χ1v) is 7.29. The number of carbonyl (C=O) groups excluding carboxylic acids is 1. The number of likely N-dealkylation sites (N-methyl/N-ethyl adjacent to an activating group) is 1. The Morgan fingerprint density at radius 3 is 2.86 bits per heavy atom. The number of hydrogen-bond acceptors (Lipinski definition) is 3. The molecule has 0 radical (unpaired) electrons. The Balaban J connectivity index is 0.00000176. The van der Waals surface area contributed by atoms with E-state index in [2.05, 4.69) is 53.7 Å². The van der Waals surface area contributed by atoms with E-state index >= 15 is 0 Å². The van der Waals surface area contributed by atoms with Crippen molar-refractivity contribution in [1.29, 1.82) is 0 Å². The topological polar surface area (TPSA) is 57.4 Å². The van der Waals surface area contributed by atoms with Crippen molar-refractivity contribution < 1.29 is 9.53 Å². The van der Waals surface area contributed by atoms with E-state index in [1.165, 1.54) is 22.0 Å². The summed E-state index contributed by atoms with van der Waals surface area (Å²) in [5.41, 5.74) is 3.73. The fraction of sp³-hybridized carbons (Fsp3) is 0.438. The minimum absolute atomic E-state index is 0. The van der Waals surface area contributed by atoms with E-state index < -0.39 is 0 Å². The Bertz CT molecular complexity index is 654. The molecule has 1 aliphatic heterocycles. The maximum atomic E-state index is 11.1. The van der Waals surface area contributed by atoms with Gasteiger partial charge in [-0.25, -0.2) is 4.79 Å². The van der Waals surface area contributed by atoms with E-state index in [1.807, 2.05) is 0 Å². The average molecular weight is 324 g/mol. The summed E-state index contributed by atoms with van der Waals surface area (Å²) in [4.78, 5) is 16.6. The zero-order valence-corrected chi connectivity index (χ0v) is 13.7. The molecule has 5 nitrogen and oxygen atoms in total. The summed E-state index contributed by atoms with van der Waals surface area (Å²) in [6, 6.07) is 6.53. The molecule has 1 amide bonds. The van der Waals surface area contributed by atoms with Gasteiger partial charge >= 0.3 is 6.09 Å². The van der Waals surface area contributed by atoms with Gasteiger partial charge in [0.25, 0.3) is 0 Å². The van der Waals surface area contributed by atoms with Crippen molar-refractivity contribution in [2.45, 2.75) is 18.9 Å². The first-order chi connectivity index (χ1) is 10.1. The van der Waals surface area contributed by atoms with E-state index in [9.17, 15) is 4.79 Å². The molecule has 6 heteroatoms. The fourth-order valence-electron chi connectivity index (χ4n) is 2.72. The fourth-order valence-corrected chi connectivity index (χ4v) is 2.72. The highest BCUT2D eigenvalue weighted by Gasteiger charge is 2.22. The Morgan fingerprint density at radius 2 is 2.18 bits per heavy atom. The van der Waals surface area contributed by atoms with Gasteiger partial charge < -0.3 is 19.9 Å². The van der Waals surface area contributed by atoms with Crippen LogP contribution in [0, 0.1) is 0 Å². The second-order valence-corrected chi connectivity index (χ2v) is 5.89. The lowest BCUT2D eigenvalue weighted by molar-refractivity contribution is 0.177. The van der Waals surface area contributed by atoms with Gasteiger partial charge in [-0.05, 0) is 50.2 Å². The number of fused-ring (bicyclic) bond motifs is 1. The summed E-state index contributed by atoms with van der Waals surface area (Å²) < 4.78 is 4.94. The molecule has 0 saturated carbocycles. The number of aromatic nitrogens is 1. The number of aromatic amines is 1. The number of nitrogens with one attached hydrogen (secondary N) is 2. The zero-order valence-electron chi connectivity index (χ0n) is 12.9. The van der Waals surface area contributed by atoms with Crippen molar-refractivity contribution in [2.24, 2.45) is 0 Å². The Labute approximate surface area is 136 Å². The summed E-state index contributed by atoms with van der Waals surface area (Å²) in [6.45, 7) is 1.49. The van der Waals surface area contributed by atoms with Gasteiger partial charge in [-0.3, -0.25) is 0 Å². The van der Waals surface area contributed by atoms with Crippen LogP contribution in [0.4, 0.5) is 4.79 Å². The highest BCUT2D eigenvalue weighted by Crippen LogP contribution is 2.21. The molecule has 120 valence electrons. The number of alkyl carbamates (subject to hydrolysis) is 1. The molecule has 0 bridgehead atoms. The average Bonchev–Trinajstić information content (AvgIpc) is 3.03. The van der Waals surface area contributed by atoms with Crippen LogP contribution in [-0.2, 0) is 17.6 Å². The second-order valence-electron chi connectivity index (χ2n) is 5.89. The van der Waals surface area contributed by atoms with Crippen LogP contribution in [0.1, 0.15) is 11.1 Å². The SMILES string of the molecule is CN(C)CCc1c[nH]c2ccc(C[C@H]3COC(=O)N3)cc12.Cl. The molecule has 1 saturated heterocycles. The summed E-state index contributed by atoms with van der Waals surface area (Å²) >= 11 is 0. The van der Waals surface area contributed by atoms with Gasteiger partial charge in [0.05, 0.1) is 6.04 Å². The molecule has 0 spiro atoms. The lowest BCUT2D eigenvalue weighted by Gasteiger charge is -2.09. The van der Waals surface area contributed by atoms with Crippen LogP contribution in [0.15, 0.2) is 24.4 Å². The van der Waals surface area contributed by atoms with Gasteiger partial charge in [0, 0.05) is 23.6 Å². The van der Waals surface area contributed by atoms with Crippen LogP contribution in [0.5, 0.6) is 0 Å². The predicted molar refractivity (Wildman–Crippen MR) is 89.8 cm³/mol. The number of rotatable bonds is 5. The lowest BCUT2D eigenvalue weighted by atomic mass is 10.0. The minimum atomic E-state index is -0.311. The van der Waals surface area contributed by atoms with Crippen LogP contribution >= 0.6 is 12.4 Å². The van der Waals surface area contributed by atoms with Crippen LogP contribution in [0.2, 0.25) is 0 Å². The van der Waals surface area contributed by atoms with Crippen LogP contribution in [-0.4, -0.2) is 49.3 Å². The first kappa shape index (κ1) is 16.6. The second kappa shape index (κ2) is 7.03. The third-order valence-corrected chi connectivity index (χ3v) is 3.88. The third kappa shape index (κ3) is 3.72. The van der Waals surface area contributed by atoms with Gasteiger partial charge in [0.2, 0.25) is 0 Å². The summed E-state index contributed by atoms with van der Waals surface area (Å²) in [7, 11) is 4.17. The number of ether oxygens (including phenoxy) is 1. The monoisotopic (exact) mass is 323 g/mol. The molecule has 1 aromatic heterocycles. The standard InChI is InChI=1S/C16H21N3O2.ClH/c1-19(2)6-5-12-9-17-15-4-3-11(8-14(12)15)7-13-10-21-16(20)18-13;/h3-4,8-9,13,17H,5-7,10H2,1-2H3,(H,18,20);1H/t13-;/m0./s1. The third-order valence-electron chi connectivity index (χ3n) is 3.88. The van der Waals surface area contributed by atoms with E-state index in [-0.39, 0.29) is 24.5 Å². The number of halogens is 1. The Kier molecular flexibility index (Phi) is 5.32. The van der Waals surface area contributed by atoms with Gasteiger partial charge in [-0.2, -0.15) is 0 Å². The van der Waals surface area contributed by atoms with E-state index in [4.69, 9.17) is 4.74 Å². The highest BCUT2D eigenvalue weighted by atomic mass is 35.5. The maximum Gasteiger partial charge on any atom is 0.407 e. The molecule has 1 aromatic carbocycles. The molecule has 0 aliphatic carbocycles. The summed E-state index contributed by atoms with van der Waals surface area (Å²) in [5, 5.41) is 4.10. The number of nitrogens with zero attached hydrogens (tertiary/aromatic N) is 1. The van der Waals surface area contributed by atoms with Crippen molar-refractivity contribution in [2.75, 3.05) is 27.2 Å². The van der Waals surface area contributed by atoms with E-state index in [0.29, 0.717) is 6.61 Å². The highest BCUT2D eigenvalue weighted by molar-refractivity contribution is 5.85. The molecule has 2 N–H and O–H groups in total. The van der Waals surface area contributed by atoms with Gasteiger partial charge in [-0.15, -0.1) is 12.4 Å². The smallest absolute Gasteiger partial charge is 0.407 e. The van der Waals surface area contributed by atoms with Crippen molar-refractivity contribution in [3.8, 4) is 0 Å². The van der Waals surface area contributed by atoms with Crippen molar-refractivity contribution in [1.82, 2.24) is 15.2 Å². The largest absolute Gasteiger partial charge is 0.447 e. The molecule has 1 atom stereocenters. The predicted octanol–water partition coefficient (Wildman–Crippen LogP) is 2.34. The molecular formula is C16H22ClN3O2. The Morgan fingerprint density at radius 1 is 1.36 bits per heavy atom. The minimum Gasteiger partial charge on any atom is -0.447 e. The number of H-pyrrole nitrogens is 1. The molecule has 1 fully saturated rings. The molecule has 2 heterocycles. The van der Waals surface area contributed by atoms with Crippen molar-refractivity contribution in [3.63, 3.8) is 0 Å². The lowest BCUT2D eigenvalue weighted by Crippen LogP contribution is -2.28. The molecular weight excluding hydrogens is 302 g/mol. The van der Waals surface area contributed by atoms with E-state index in [1.54, 1.807) is 0 Å². The number of cyclic esters (lactones) is 1. The van der Waals surface area contributed by atoms with Gasteiger partial charge in [-0.1, -0.05) is 6.07 Å². The van der Waals surface area contributed by atoms with Crippen LogP contribution < -0.4 is 5.32 Å². The zero-order chi connectivity index (χ0) is 14.8. The van der Waals surface area contributed by atoms with Crippen LogP contribution in [0.3, 0.4) is 0 Å². The molecule has 22 heavy (non-hydrogen) atoms. The normalized spacial score (nSPS) is 17.4. The van der Waals surface area contributed by atoms with Gasteiger partial charge in [0.15, 0.2) is 0 Å². The maximum absolute atomic E-state index is 11.1. The number of carbonyl (C=O) groups is 1. The molecule has 2 aromatic rings. The van der Waals surface area contributed by atoms with Crippen molar-refractivity contribution >= 4 is 29.4 Å². The summed E-state index contributed by atoms with van der Waals surface area (Å²) in [6.07, 6.45) is 3.62.